The fraction of sp³-hybridized carbons (Fsp3) is 0.429. The molecule has 21 heavy (non-hydrogen) atoms. The molecule has 2 heterocycles. The van der Waals surface area contributed by atoms with E-state index in [1.54, 1.807) is 6.07 Å². The Hall–Kier alpha value is -2.28. The minimum Gasteiger partial charge on any atom is -0.349 e. The molecule has 1 aliphatic rings. The van der Waals surface area contributed by atoms with Gasteiger partial charge in [0.2, 0.25) is 0 Å². The van der Waals surface area contributed by atoms with Crippen LogP contribution < -0.4 is 10.6 Å². The maximum atomic E-state index is 12.6. The molecule has 2 unspecified atom stereocenters. The minimum absolute atomic E-state index is 0.0835. The zero-order chi connectivity index (χ0) is 14.7. The highest BCUT2D eigenvalue weighted by atomic mass is 16.1. The van der Waals surface area contributed by atoms with Gasteiger partial charge in [0, 0.05) is 6.04 Å². The quantitative estimate of drug-likeness (QED) is 0.852. The largest absolute Gasteiger partial charge is 0.349 e. The van der Waals surface area contributed by atoms with Gasteiger partial charge in [-0.05, 0) is 48.0 Å². The summed E-state index contributed by atoms with van der Waals surface area (Å²) < 4.78 is 1.50. The highest BCUT2D eigenvalue weighted by Crippen LogP contribution is 2.15. The summed E-state index contributed by atoms with van der Waals surface area (Å²) in [6.07, 6.45) is 2.43. The van der Waals surface area contributed by atoms with Crippen LogP contribution in [-0.4, -0.2) is 45.2 Å². The first-order valence-electron chi connectivity index (χ1n) is 7.09. The van der Waals surface area contributed by atoms with Crippen molar-refractivity contribution in [3.63, 3.8) is 0 Å². The predicted octanol–water partition coefficient (Wildman–Crippen LogP) is 0.390. The van der Waals surface area contributed by atoms with Crippen LogP contribution in [0.3, 0.4) is 0 Å². The van der Waals surface area contributed by atoms with E-state index < -0.39 is 0 Å². The van der Waals surface area contributed by atoms with Crippen LogP contribution >= 0.6 is 0 Å². The van der Waals surface area contributed by atoms with E-state index in [0.717, 1.165) is 19.5 Å². The number of nitrogens with one attached hydrogen (secondary N) is 2. The van der Waals surface area contributed by atoms with E-state index in [9.17, 15) is 4.79 Å². The Bertz CT molecular complexity index is 612. The number of piperidine rings is 1. The summed E-state index contributed by atoms with van der Waals surface area (Å²) in [5.41, 5.74) is 1.26. The number of amides is 1. The maximum Gasteiger partial charge on any atom is 0.253 e. The summed E-state index contributed by atoms with van der Waals surface area (Å²) in [6.45, 7) is 4.01. The Morgan fingerprint density at radius 2 is 2.29 bits per heavy atom. The first-order chi connectivity index (χ1) is 10.3. The third-order valence-electron chi connectivity index (χ3n) is 3.85. The zero-order valence-electron chi connectivity index (χ0n) is 11.9. The van der Waals surface area contributed by atoms with Crippen molar-refractivity contribution in [3.8, 4) is 5.69 Å². The number of benzene rings is 1. The molecule has 0 radical (unpaired) electrons. The number of tetrazole rings is 1. The van der Waals surface area contributed by atoms with Crippen LogP contribution in [0.1, 0.15) is 23.7 Å². The van der Waals surface area contributed by atoms with E-state index in [4.69, 9.17) is 0 Å². The summed E-state index contributed by atoms with van der Waals surface area (Å²) in [7, 11) is 0. The molecule has 7 heteroatoms. The van der Waals surface area contributed by atoms with E-state index in [1.807, 2.05) is 18.2 Å². The molecule has 1 aliphatic heterocycles. The van der Waals surface area contributed by atoms with Crippen LogP contribution in [0.15, 0.2) is 30.6 Å². The van der Waals surface area contributed by atoms with Crippen molar-refractivity contribution in [2.45, 2.75) is 19.4 Å². The lowest BCUT2D eigenvalue weighted by atomic mass is 9.95. The molecule has 110 valence electrons. The van der Waals surface area contributed by atoms with Crippen molar-refractivity contribution in [1.82, 2.24) is 30.8 Å². The molecular weight excluding hydrogens is 268 g/mol. The van der Waals surface area contributed by atoms with Gasteiger partial charge < -0.3 is 10.6 Å². The topological polar surface area (TPSA) is 84.7 Å². The Morgan fingerprint density at radius 1 is 1.43 bits per heavy atom. The second kappa shape index (κ2) is 6.01. The standard InChI is InChI=1S/C14H18N6O/c1-10-8-15-7-6-12(10)17-14(21)11-4-2-3-5-13(11)20-9-16-18-19-20/h2-5,9-10,12,15H,6-8H2,1H3,(H,17,21). The third-order valence-corrected chi connectivity index (χ3v) is 3.85. The number of hydrogen-bond acceptors (Lipinski definition) is 5. The first kappa shape index (κ1) is 13.7. The Balaban J connectivity index is 1.82. The van der Waals surface area contributed by atoms with Gasteiger partial charge in [0.25, 0.3) is 5.91 Å². The van der Waals surface area contributed by atoms with Crippen molar-refractivity contribution in [3.05, 3.63) is 36.2 Å². The molecule has 3 rings (SSSR count). The molecular formula is C14H18N6O. The van der Waals surface area contributed by atoms with Gasteiger partial charge in [-0.3, -0.25) is 4.79 Å². The van der Waals surface area contributed by atoms with Crippen molar-refractivity contribution >= 4 is 5.91 Å². The fourth-order valence-corrected chi connectivity index (χ4v) is 2.61. The van der Waals surface area contributed by atoms with Crippen LogP contribution in [0.5, 0.6) is 0 Å². The SMILES string of the molecule is CC1CNCCC1NC(=O)c1ccccc1-n1cnnn1. The van der Waals surface area contributed by atoms with Crippen LogP contribution in [0, 0.1) is 5.92 Å². The number of hydrogen-bond donors (Lipinski definition) is 2. The molecule has 1 amide bonds. The maximum absolute atomic E-state index is 12.6. The predicted molar refractivity (Wildman–Crippen MR) is 77.1 cm³/mol. The van der Waals surface area contributed by atoms with Crippen LogP contribution in [0.2, 0.25) is 0 Å². The van der Waals surface area contributed by atoms with Crippen molar-refractivity contribution in [2.75, 3.05) is 13.1 Å². The average Bonchev–Trinajstić information content (AvgIpc) is 3.04. The Morgan fingerprint density at radius 3 is 3.05 bits per heavy atom. The molecule has 1 saturated heterocycles. The Kier molecular flexibility index (Phi) is 3.92. The first-order valence-corrected chi connectivity index (χ1v) is 7.09. The summed E-state index contributed by atoms with van der Waals surface area (Å²) in [5.74, 6) is 0.336. The second-order valence-electron chi connectivity index (χ2n) is 5.32. The number of nitrogens with zero attached hydrogens (tertiary/aromatic N) is 4. The molecule has 1 aromatic carbocycles. The molecule has 0 bridgehead atoms. The molecule has 7 nitrogen and oxygen atoms in total. The van der Waals surface area contributed by atoms with Crippen molar-refractivity contribution in [2.24, 2.45) is 5.92 Å². The summed E-state index contributed by atoms with van der Waals surface area (Å²) >= 11 is 0. The molecule has 2 aromatic rings. The van der Waals surface area contributed by atoms with Gasteiger partial charge in [-0.1, -0.05) is 19.1 Å². The van der Waals surface area contributed by atoms with Gasteiger partial charge in [0.15, 0.2) is 0 Å². The monoisotopic (exact) mass is 286 g/mol. The number of para-hydroxylation sites is 1. The van der Waals surface area contributed by atoms with Crippen LogP contribution in [0.4, 0.5) is 0 Å². The molecule has 0 saturated carbocycles. The lowest BCUT2D eigenvalue weighted by Crippen LogP contribution is -2.48. The van der Waals surface area contributed by atoms with E-state index in [0.29, 0.717) is 17.2 Å². The highest BCUT2D eigenvalue weighted by Gasteiger charge is 2.24. The molecule has 0 spiro atoms. The Labute approximate surface area is 122 Å². The summed E-state index contributed by atoms with van der Waals surface area (Å²) in [6, 6.07) is 7.52. The minimum atomic E-state index is -0.0835. The van der Waals surface area contributed by atoms with Gasteiger partial charge in [-0.2, -0.15) is 4.68 Å². The summed E-state index contributed by atoms with van der Waals surface area (Å²) in [4.78, 5) is 12.6. The number of carbonyl (C=O) groups is 1. The number of rotatable bonds is 3. The third kappa shape index (κ3) is 2.92. The fourth-order valence-electron chi connectivity index (χ4n) is 2.61. The smallest absolute Gasteiger partial charge is 0.253 e. The normalized spacial score (nSPS) is 22.0. The van der Waals surface area contributed by atoms with Gasteiger partial charge >= 0.3 is 0 Å². The molecule has 1 fully saturated rings. The lowest BCUT2D eigenvalue weighted by molar-refractivity contribution is 0.0914. The summed E-state index contributed by atoms with van der Waals surface area (Å²) in [5, 5.41) is 17.6. The van der Waals surface area contributed by atoms with Crippen LogP contribution in [0.25, 0.3) is 5.69 Å². The lowest BCUT2D eigenvalue weighted by Gasteiger charge is -2.30. The number of carbonyl (C=O) groups excluding carboxylic acids is 1. The van der Waals surface area contributed by atoms with E-state index in [-0.39, 0.29) is 11.9 Å². The average molecular weight is 286 g/mol. The second-order valence-corrected chi connectivity index (χ2v) is 5.32. The van der Waals surface area contributed by atoms with Gasteiger partial charge in [0.05, 0.1) is 11.3 Å². The van der Waals surface area contributed by atoms with Crippen LogP contribution in [-0.2, 0) is 0 Å². The van der Waals surface area contributed by atoms with Gasteiger partial charge in [-0.25, -0.2) is 0 Å². The van der Waals surface area contributed by atoms with Gasteiger partial charge in [0.1, 0.15) is 6.33 Å². The van der Waals surface area contributed by atoms with E-state index in [1.165, 1.54) is 11.0 Å². The molecule has 2 atom stereocenters. The van der Waals surface area contributed by atoms with Gasteiger partial charge in [-0.15, -0.1) is 5.10 Å². The zero-order valence-corrected chi connectivity index (χ0v) is 11.9. The van der Waals surface area contributed by atoms with E-state index in [2.05, 4.69) is 33.1 Å². The number of aromatic nitrogens is 4. The van der Waals surface area contributed by atoms with E-state index >= 15 is 0 Å². The molecule has 1 aromatic heterocycles. The molecule has 0 aliphatic carbocycles. The highest BCUT2D eigenvalue weighted by molar-refractivity contribution is 5.97. The van der Waals surface area contributed by atoms with Crippen molar-refractivity contribution in [1.29, 1.82) is 0 Å². The molecule has 2 N–H and O–H groups in total. The van der Waals surface area contributed by atoms with Crippen molar-refractivity contribution < 1.29 is 4.79 Å².